The summed E-state index contributed by atoms with van der Waals surface area (Å²) in [5.41, 5.74) is 0.579. The van der Waals surface area contributed by atoms with Crippen molar-refractivity contribution in [2.75, 3.05) is 13.1 Å². The van der Waals surface area contributed by atoms with Crippen LogP contribution in [0.25, 0.3) is 6.08 Å². The van der Waals surface area contributed by atoms with Crippen molar-refractivity contribution in [3.05, 3.63) is 41.7 Å². The molecule has 0 aromatic heterocycles. The Morgan fingerprint density at radius 3 is 2.67 bits per heavy atom. The standard InChI is InChI=1S/C15H15FN2O3/c16-12-3-1-2-11(10-12)4-5-13(19)17-8-9-18-14(20)6-7-15(18)21/h1-5,10H,6-9H2,(H,17,19)/b5-4+. The molecule has 1 aliphatic heterocycles. The van der Waals surface area contributed by atoms with Crippen LogP contribution in [0, 0.1) is 5.82 Å². The summed E-state index contributed by atoms with van der Waals surface area (Å²) < 4.78 is 12.9. The second kappa shape index (κ2) is 6.78. The van der Waals surface area contributed by atoms with Gasteiger partial charge in [-0.25, -0.2) is 4.39 Å². The Hall–Kier alpha value is -2.50. The van der Waals surface area contributed by atoms with Crippen LogP contribution in [0.2, 0.25) is 0 Å². The average molecular weight is 290 g/mol. The summed E-state index contributed by atoms with van der Waals surface area (Å²) in [5, 5.41) is 2.57. The molecule has 2 rings (SSSR count). The predicted octanol–water partition coefficient (Wildman–Crippen LogP) is 1.10. The number of carbonyl (C=O) groups excluding carboxylic acids is 3. The minimum absolute atomic E-state index is 0.178. The number of carbonyl (C=O) groups is 3. The molecule has 21 heavy (non-hydrogen) atoms. The molecule has 1 aliphatic rings. The zero-order valence-corrected chi connectivity index (χ0v) is 11.3. The number of halogens is 1. The molecule has 0 atom stereocenters. The first-order chi connectivity index (χ1) is 10.1. The van der Waals surface area contributed by atoms with Gasteiger partial charge >= 0.3 is 0 Å². The van der Waals surface area contributed by atoms with Crippen molar-refractivity contribution in [2.24, 2.45) is 0 Å². The number of hydrogen-bond donors (Lipinski definition) is 1. The first-order valence-electron chi connectivity index (χ1n) is 6.61. The fourth-order valence-electron chi connectivity index (χ4n) is 2.00. The first-order valence-corrected chi connectivity index (χ1v) is 6.61. The molecule has 1 aromatic carbocycles. The van der Waals surface area contributed by atoms with Gasteiger partial charge in [0.25, 0.3) is 0 Å². The molecule has 0 saturated carbocycles. The van der Waals surface area contributed by atoms with Gasteiger partial charge in [0.05, 0.1) is 0 Å². The van der Waals surface area contributed by atoms with Crippen molar-refractivity contribution >= 4 is 23.8 Å². The van der Waals surface area contributed by atoms with Crippen molar-refractivity contribution in [1.29, 1.82) is 0 Å². The van der Waals surface area contributed by atoms with Crippen molar-refractivity contribution in [3.63, 3.8) is 0 Å². The molecular weight excluding hydrogens is 275 g/mol. The lowest BCUT2D eigenvalue weighted by Gasteiger charge is -2.13. The van der Waals surface area contributed by atoms with Crippen LogP contribution in [0.15, 0.2) is 30.3 Å². The molecule has 1 aromatic rings. The highest BCUT2D eigenvalue weighted by Crippen LogP contribution is 2.10. The lowest BCUT2D eigenvalue weighted by molar-refractivity contribution is -0.138. The van der Waals surface area contributed by atoms with Crippen LogP contribution in [0.5, 0.6) is 0 Å². The summed E-state index contributed by atoms with van der Waals surface area (Å²) in [5.74, 6) is -1.14. The molecule has 0 spiro atoms. The zero-order chi connectivity index (χ0) is 15.2. The Kier molecular flexibility index (Phi) is 4.81. The quantitative estimate of drug-likeness (QED) is 0.652. The molecule has 1 fully saturated rings. The van der Waals surface area contributed by atoms with E-state index in [4.69, 9.17) is 0 Å². The largest absolute Gasteiger partial charge is 0.351 e. The summed E-state index contributed by atoms with van der Waals surface area (Å²) in [7, 11) is 0. The lowest BCUT2D eigenvalue weighted by atomic mass is 10.2. The van der Waals surface area contributed by atoms with E-state index >= 15 is 0 Å². The third-order valence-corrected chi connectivity index (χ3v) is 3.07. The molecule has 0 radical (unpaired) electrons. The molecule has 1 N–H and O–H groups in total. The van der Waals surface area contributed by atoms with Gasteiger partial charge in [0.15, 0.2) is 0 Å². The number of likely N-dealkylation sites (tertiary alicyclic amines) is 1. The van der Waals surface area contributed by atoms with Crippen molar-refractivity contribution in [3.8, 4) is 0 Å². The summed E-state index contributed by atoms with van der Waals surface area (Å²) in [4.78, 5) is 35.4. The highest BCUT2D eigenvalue weighted by molar-refractivity contribution is 6.02. The molecule has 110 valence electrons. The van der Waals surface area contributed by atoms with Crippen molar-refractivity contribution < 1.29 is 18.8 Å². The number of rotatable bonds is 5. The third kappa shape index (κ3) is 4.24. The average Bonchev–Trinajstić information content (AvgIpc) is 2.77. The smallest absolute Gasteiger partial charge is 0.244 e. The van der Waals surface area contributed by atoms with E-state index < -0.39 is 0 Å². The monoisotopic (exact) mass is 290 g/mol. The Morgan fingerprint density at radius 2 is 2.00 bits per heavy atom. The molecule has 6 heteroatoms. The van der Waals surface area contributed by atoms with Gasteiger partial charge < -0.3 is 5.32 Å². The number of hydrogen-bond acceptors (Lipinski definition) is 3. The highest BCUT2D eigenvalue weighted by Gasteiger charge is 2.27. The second-order valence-electron chi connectivity index (χ2n) is 4.62. The van der Waals surface area contributed by atoms with Crippen molar-refractivity contribution in [2.45, 2.75) is 12.8 Å². The fourth-order valence-corrected chi connectivity index (χ4v) is 2.00. The molecule has 3 amide bonds. The number of nitrogens with zero attached hydrogens (tertiary/aromatic N) is 1. The van der Waals surface area contributed by atoms with E-state index in [1.165, 1.54) is 24.3 Å². The maximum Gasteiger partial charge on any atom is 0.244 e. The Labute approximate surface area is 121 Å². The van der Waals surface area contributed by atoms with Crippen LogP contribution < -0.4 is 5.32 Å². The van der Waals surface area contributed by atoms with E-state index in [1.54, 1.807) is 12.1 Å². The molecule has 5 nitrogen and oxygen atoms in total. The molecule has 0 bridgehead atoms. The fraction of sp³-hybridized carbons (Fsp3) is 0.267. The van der Waals surface area contributed by atoms with Crippen LogP contribution in [0.4, 0.5) is 4.39 Å². The van der Waals surface area contributed by atoms with E-state index in [1.807, 2.05) is 0 Å². The first kappa shape index (κ1) is 14.9. The van der Waals surface area contributed by atoms with E-state index in [2.05, 4.69) is 5.32 Å². The molecule has 0 unspecified atom stereocenters. The van der Waals surface area contributed by atoms with E-state index in [-0.39, 0.29) is 49.5 Å². The summed E-state index contributed by atoms with van der Waals surface area (Å²) in [6.45, 7) is 0.376. The SMILES string of the molecule is O=C(/C=C/c1cccc(F)c1)NCCN1C(=O)CCC1=O. The van der Waals surface area contributed by atoms with Gasteiger partial charge in [0, 0.05) is 32.0 Å². The predicted molar refractivity (Wildman–Crippen MR) is 74.4 cm³/mol. The number of amides is 3. The maximum absolute atomic E-state index is 12.9. The Balaban J connectivity index is 1.77. The van der Waals surface area contributed by atoms with Gasteiger partial charge in [0.2, 0.25) is 17.7 Å². The van der Waals surface area contributed by atoms with Gasteiger partial charge in [-0.1, -0.05) is 12.1 Å². The minimum Gasteiger partial charge on any atom is -0.351 e. The van der Waals surface area contributed by atoms with Crippen LogP contribution in [-0.2, 0) is 14.4 Å². The highest BCUT2D eigenvalue weighted by atomic mass is 19.1. The van der Waals surface area contributed by atoms with E-state index in [0.29, 0.717) is 5.56 Å². The lowest BCUT2D eigenvalue weighted by Crippen LogP contribution is -2.37. The second-order valence-corrected chi connectivity index (χ2v) is 4.62. The molecular formula is C15H15FN2O3. The maximum atomic E-state index is 12.9. The van der Waals surface area contributed by atoms with E-state index in [0.717, 1.165) is 4.90 Å². The topological polar surface area (TPSA) is 66.5 Å². The summed E-state index contributed by atoms with van der Waals surface area (Å²) >= 11 is 0. The number of benzene rings is 1. The van der Waals surface area contributed by atoms with Gasteiger partial charge in [-0.05, 0) is 23.8 Å². The van der Waals surface area contributed by atoms with Crippen molar-refractivity contribution in [1.82, 2.24) is 10.2 Å². The van der Waals surface area contributed by atoms with Gasteiger partial charge in [-0.15, -0.1) is 0 Å². The summed E-state index contributed by atoms with van der Waals surface area (Å²) in [6, 6.07) is 5.86. The summed E-state index contributed by atoms with van der Waals surface area (Å²) in [6.07, 6.45) is 3.26. The van der Waals surface area contributed by atoms with Crippen LogP contribution in [0.1, 0.15) is 18.4 Å². The van der Waals surface area contributed by atoms with Gasteiger partial charge in [-0.2, -0.15) is 0 Å². The van der Waals surface area contributed by atoms with Crippen LogP contribution in [-0.4, -0.2) is 35.7 Å². The van der Waals surface area contributed by atoms with Crippen LogP contribution >= 0.6 is 0 Å². The minimum atomic E-state index is -0.372. The molecule has 1 saturated heterocycles. The Bertz CT molecular complexity index is 582. The van der Waals surface area contributed by atoms with Gasteiger partial charge in [-0.3, -0.25) is 19.3 Å². The van der Waals surface area contributed by atoms with E-state index in [9.17, 15) is 18.8 Å². The number of imide groups is 1. The third-order valence-electron chi connectivity index (χ3n) is 3.07. The van der Waals surface area contributed by atoms with Crippen LogP contribution in [0.3, 0.4) is 0 Å². The molecule has 0 aliphatic carbocycles. The number of nitrogens with one attached hydrogen (secondary N) is 1. The Morgan fingerprint density at radius 1 is 1.29 bits per heavy atom. The normalized spacial score (nSPS) is 15.0. The van der Waals surface area contributed by atoms with Gasteiger partial charge in [0.1, 0.15) is 5.82 Å². The zero-order valence-electron chi connectivity index (χ0n) is 11.3. The molecule has 1 heterocycles.